The summed E-state index contributed by atoms with van der Waals surface area (Å²) in [7, 11) is 0. The van der Waals surface area contributed by atoms with Gasteiger partial charge in [-0.15, -0.1) is 11.6 Å². The van der Waals surface area contributed by atoms with Crippen molar-refractivity contribution < 1.29 is 4.39 Å². The van der Waals surface area contributed by atoms with E-state index >= 15 is 0 Å². The van der Waals surface area contributed by atoms with Gasteiger partial charge in [0.25, 0.3) is 0 Å². The Kier molecular flexibility index (Phi) is 9.74. The summed E-state index contributed by atoms with van der Waals surface area (Å²) >= 11 is 6.04. The smallest absolute Gasteiger partial charge is 0.123 e. The lowest BCUT2D eigenvalue weighted by molar-refractivity contribution is 0.482. The van der Waals surface area contributed by atoms with E-state index in [4.69, 9.17) is 11.6 Å². The highest BCUT2D eigenvalue weighted by Gasteiger charge is 2.09. The fourth-order valence-electron chi connectivity index (χ4n) is 2.62. The Morgan fingerprint density at radius 1 is 1.05 bits per heavy atom. The molecule has 114 valence electrons. The predicted octanol–water partition coefficient (Wildman–Crippen LogP) is 6.36. The van der Waals surface area contributed by atoms with Crippen molar-refractivity contribution in [3.8, 4) is 0 Å². The lowest BCUT2D eigenvalue weighted by atomic mass is 9.95. The predicted molar refractivity (Wildman–Crippen MR) is 86.9 cm³/mol. The average Bonchev–Trinajstić information content (AvgIpc) is 2.45. The van der Waals surface area contributed by atoms with Crippen LogP contribution in [0, 0.1) is 11.7 Å². The Morgan fingerprint density at radius 3 is 2.40 bits per heavy atom. The molecule has 0 aromatic heterocycles. The third-order valence-corrected chi connectivity index (χ3v) is 4.28. The van der Waals surface area contributed by atoms with Crippen LogP contribution in [0.5, 0.6) is 0 Å². The quantitative estimate of drug-likeness (QED) is 0.329. The van der Waals surface area contributed by atoms with Gasteiger partial charge in [0.05, 0.1) is 0 Å². The standard InChI is InChI=1S/C18H28ClF/c1-2-3-4-5-6-7-8-10-17(15-19)13-16-11-9-12-18(20)14-16/h9,11-12,14,17H,2-8,10,13,15H2,1H3. The molecule has 0 aliphatic heterocycles. The van der Waals surface area contributed by atoms with Crippen LogP contribution in [0.25, 0.3) is 0 Å². The number of hydrogen-bond acceptors (Lipinski definition) is 0. The summed E-state index contributed by atoms with van der Waals surface area (Å²) in [5, 5.41) is 0. The minimum atomic E-state index is -0.147. The molecule has 0 radical (unpaired) electrons. The highest BCUT2D eigenvalue weighted by molar-refractivity contribution is 6.18. The third kappa shape index (κ3) is 7.89. The number of alkyl halides is 1. The molecule has 0 heterocycles. The van der Waals surface area contributed by atoms with Crippen LogP contribution in [-0.4, -0.2) is 5.88 Å². The molecule has 0 saturated heterocycles. The van der Waals surface area contributed by atoms with Crippen LogP contribution in [0.2, 0.25) is 0 Å². The van der Waals surface area contributed by atoms with Crippen molar-refractivity contribution in [2.45, 2.75) is 64.7 Å². The Labute approximate surface area is 128 Å². The average molecular weight is 299 g/mol. The van der Waals surface area contributed by atoms with E-state index in [1.807, 2.05) is 6.07 Å². The van der Waals surface area contributed by atoms with Crippen LogP contribution in [-0.2, 0) is 6.42 Å². The zero-order chi connectivity index (χ0) is 14.6. The molecule has 20 heavy (non-hydrogen) atoms. The minimum absolute atomic E-state index is 0.147. The Hall–Kier alpha value is -0.560. The first kappa shape index (κ1) is 17.5. The monoisotopic (exact) mass is 298 g/mol. The molecule has 1 rings (SSSR count). The maximum atomic E-state index is 13.1. The van der Waals surface area contributed by atoms with E-state index in [1.165, 1.54) is 51.0 Å². The van der Waals surface area contributed by atoms with E-state index in [2.05, 4.69) is 6.92 Å². The van der Waals surface area contributed by atoms with Gasteiger partial charge in [-0.05, 0) is 36.5 Å². The van der Waals surface area contributed by atoms with Crippen LogP contribution in [0.15, 0.2) is 24.3 Å². The van der Waals surface area contributed by atoms with Gasteiger partial charge < -0.3 is 0 Å². The summed E-state index contributed by atoms with van der Waals surface area (Å²) in [5.41, 5.74) is 1.07. The van der Waals surface area contributed by atoms with Gasteiger partial charge >= 0.3 is 0 Å². The van der Waals surface area contributed by atoms with Crippen molar-refractivity contribution in [3.63, 3.8) is 0 Å². The Balaban J connectivity index is 2.16. The van der Waals surface area contributed by atoms with Gasteiger partial charge in [0.15, 0.2) is 0 Å². The second-order valence-corrected chi connectivity index (χ2v) is 6.07. The van der Waals surface area contributed by atoms with Crippen molar-refractivity contribution in [2.24, 2.45) is 5.92 Å². The normalized spacial score (nSPS) is 12.6. The molecule has 0 saturated carbocycles. The molecule has 1 atom stereocenters. The molecule has 0 amide bonds. The second kappa shape index (κ2) is 11.1. The van der Waals surface area contributed by atoms with Crippen molar-refractivity contribution in [2.75, 3.05) is 5.88 Å². The fraction of sp³-hybridized carbons (Fsp3) is 0.667. The Morgan fingerprint density at radius 2 is 1.75 bits per heavy atom. The number of unbranched alkanes of at least 4 members (excludes halogenated alkanes) is 6. The van der Waals surface area contributed by atoms with Crippen molar-refractivity contribution in [1.82, 2.24) is 0 Å². The largest absolute Gasteiger partial charge is 0.207 e. The topological polar surface area (TPSA) is 0 Å². The molecular formula is C18H28ClF. The third-order valence-electron chi connectivity index (χ3n) is 3.85. The van der Waals surface area contributed by atoms with Crippen LogP contribution in [0.3, 0.4) is 0 Å². The van der Waals surface area contributed by atoms with E-state index in [0.29, 0.717) is 11.8 Å². The molecule has 0 nitrogen and oxygen atoms in total. The first-order valence-electron chi connectivity index (χ1n) is 8.06. The molecule has 2 heteroatoms. The lowest BCUT2D eigenvalue weighted by Gasteiger charge is -2.14. The van der Waals surface area contributed by atoms with Crippen LogP contribution >= 0.6 is 11.6 Å². The van der Waals surface area contributed by atoms with Gasteiger partial charge in [0.1, 0.15) is 5.82 Å². The fourth-order valence-corrected chi connectivity index (χ4v) is 2.88. The molecule has 1 aromatic rings. The van der Waals surface area contributed by atoms with E-state index in [-0.39, 0.29) is 5.82 Å². The summed E-state index contributed by atoms with van der Waals surface area (Å²) in [6.07, 6.45) is 11.4. The van der Waals surface area contributed by atoms with Gasteiger partial charge in [-0.2, -0.15) is 0 Å². The van der Waals surface area contributed by atoms with Crippen LogP contribution in [0.1, 0.15) is 63.9 Å². The summed E-state index contributed by atoms with van der Waals surface area (Å²) < 4.78 is 13.1. The highest BCUT2D eigenvalue weighted by atomic mass is 35.5. The van der Waals surface area contributed by atoms with E-state index < -0.39 is 0 Å². The van der Waals surface area contributed by atoms with Gasteiger partial charge in [-0.25, -0.2) is 4.39 Å². The van der Waals surface area contributed by atoms with Gasteiger partial charge in [-0.3, -0.25) is 0 Å². The van der Waals surface area contributed by atoms with Gasteiger partial charge in [0, 0.05) is 5.88 Å². The maximum Gasteiger partial charge on any atom is 0.123 e. The maximum absolute atomic E-state index is 13.1. The van der Waals surface area contributed by atoms with E-state index in [0.717, 1.165) is 18.4 Å². The molecule has 1 aromatic carbocycles. The molecule has 0 bridgehead atoms. The van der Waals surface area contributed by atoms with Gasteiger partial charge in [-0.1, -0.05) is 64.0 Å². The molecule has 0 aliphatic carbocycles. The van der Waals surface area contributed by atoms with Crippen LogP contribution < -0.4 is 0 Å². The van der Waals surface area contributed by atoms with Crippen molar-refractivity contribution >= 4 is 11.6 Å². The molecule has 0 fully saturated rings. The molecular weight excluding hydrogens is 271 g/mol. The number of halogens is 2. The summed E-state index contributed by atoms with van der Waals surface area (Å²) in [6.45, 7) is 2.25. The number of rotatable bonds is 11. The first-order chi connectivity index (χ1) is 9.76. The summed E-state index contributed by atoms with van der Waals surface area (Å²) in [4.78, 5) is 0. The minimum Gasteiger partial charge on any atom is -0.207 e. The first-order valence-corrected chi connectivity index (χ1v) is 8.60. The van der Waals surface area contributed by atoms with E-state index in [1.54, 1.807) is 12.1 Å². The second-order valence-electron chi connectivity index (χ2n) is 5.76. The SMILES string of the molecule is CCCCCCCCCC(CCl)Cc1cccc(F)c1. The van der Waals surface area contributed by atoms with E-state index in [9.17, 15) is 4.39 Å². The zero-order valence-corrected chi connectivity index (χ0v) is 13.5. The highest BCUT2D eigenvalue weighted by Crippen LogP contribution is 2.19. The zero-order valence-electron chi connectivity index (χ0n) is 12.7. The molecule has 1 unspecified atom stereocenters. The van der Waals surface area contributed by atoms with Crippen molar-refractivity contribution in [1.29, 1.82) is 0 Å². The van der Waals surface area contributed by atoms with Crippen LogP contribution in [0.4, 0.5) is 4.39 Å². The molecule has 0 spiro atoms. The number of benzene rings is 1. The summed E-state index contributed by atoms with van der Waals surface area (Å²) in [6, 6.07) is 6.90. The summed E-state index contributed by atoms with van der Waals surface area (Å²) in [5.74, 6) is 1.01. The lowest BCUT2D eigenvalue weighted by Crippen LogP contribution is -2.06. The Bertz CT molecular complexity index is 351. The molecule has 0 aliphatic rings. The molecule has 0 N–H and O–H groups in total. The van der Waals surface area contributed by atoms with Gasteiger partial charge in [0.2, 0.25) is 0 Å². The van der Waals surface area contributed by atoms with Crippen molar-refractivity contribution in [3.05, 3.63) is 35.6 Å². The number of hydrogen-bond donors (Lipinski definition) is 0.